The predicted octanol–water partition coefficient (Wildman–Crippen LogP) is 0.342. The van der Waals surface area contributed by atoms with Crippen LogP contribution < -0.4 is 54.1 Å². The lowest BCUT2D eigenvalue weighted by Crippen LogP contribution is -3.00. The highest BCUT2D eigenvalue weighted by molar-refractivity contribution is 5.77. The molecule has 0 atom stereocenters. The first-order chi connectivity index (χ1) is 22.9. The summed E-state index contributed by atoms with van der Waals surface area (Å²) < 4.78 is 13.9. The molecule has 0 saturated heterocycles. The van der Waals surface area contributed by atoms with Gasteiger partial charge in [-0.15, -0.1) is 13.2 Å². The molecule has 0 unspecified atom stereocenters. The Hall–Kier alpha value is -2.66. The van der Waals surface area contributed by atoms with Crippen molar-refractivity contribution in [2.24, 2.45) is 0 Å². The number of carbonyl (C=O) groups excluding carboxylic acids is 2. The summed E-state index contributed by atoms with van der Waals surface area (Å²) in [5.41, 5.74) is 4.34. The Bertz CT molecular complexity index is 1320. The van der Waals surface area contributed by atoms with Crippen molar-refractivity contribution in [2.75, 3.05) is 80.7 Å². The first kappa shape index (κ1) is 47.3. The number of quaternary nitrogens is 2. The molecule has 0 saturated carbocycles. The third-order valence-corrected chi connectivity index (χ3v) is 8.34. The second-order valence-corrected chi connectivity index (χ2v) is 14.1. The molecule has 282 valence electrons. The molecule has 2 N–H and O–H groups in total. The number of unbranched alkanes of at least 4 members (excludes halogenated alkanes) is 2. The van der Waals surface area contributed by atoms with Gasteiger partial charge < -0.3 is 63.0 Å². The SMILES string of the molecule is C=CCc1ccc(OCCC[N+](C)(C)CC(=O)NCCCC)c(-c2ccc(OCCC[N+](C)(C)CC(=O)NCCCC)c(CC=C)c2)c1.[Br-].[Br-]. The quantitative estimate of drug-likeness (QED) is 0.0862. The summed E-state index contributed by atoms with van der Waals surface area (Å²) in [6.07, 6.45) is 11.1. The van der Waals surface area contributed by atoms with Gasteiger partial charge in [0.25, 0.3) is 11.8 Å². The molecule has 0 aliphatic rings. The molecule has 2 aromatic carbocycles. The van der Waals surface area contributed by atoms with Crippen LogP contribution in [0.4, 0.5) is 0 Å². The lowest BCUT2D eigenvalue weighted by atomic mass is 9.97. The average Bonchev–Trinajstić information content (AvgIpc) is 3.02. The Morgan fingerprint density at radius 2 is 1.20 bits per heavy atom. The van der Waals surface area contributed by atoms with Crippen LogP contribution in [0.2, 0.25) is 0 Å². The number of rotatable bonds is 25. The van der Waals surface area contributed by atoms with Gasteiger partial charge in [0.2, 0.25) is 0 Å². The smallest absolute Gasteiger partial charge is 0.275 e. The zero-order valence-corrected chi connectivity index (χ0v) is 34.8. The van der Waals surface area contributed by atoms with Crippen molar-refractivity contribution in [3.8, 4) is 22.6 Å². The molecular formula is C40H64Br2N4O4. The van der Waals surface area contributed by atoms with Crippen LogP contribution in [0.15, 0.2) is 61.7 Å². The van der Waals surface area contributed by atoms with Crippen LogP contribution in [0, 0.1) is 0 Å². The minimum Gasteiger partial charge on any atom is -1.00 e. The number of ether oxygens (including phenoxy) is 2. The van der Waals surface area contributed by atoms with Gasteiger partial charge in [-0.1, -0.05) is 51.0 Å². The number of nitrogens with one attached hydrogen (secondary N) is 2. The Morgan fingerprint density at radius 1 is 0.700 bits per heavy atom. The van der Waals surface area contributed by atoms with Crippen LogP contribution in [0.3, 0.4) is 0 Å². The highest BCUT2D eigenvalue weighted by Gasteiger charge is 2.21. The molecule has 10 heteroatoms. The van der Waals surface area contributed by atoms with Crippen molar-refractivity contribution in [3.63, 3.8) is 0 Å². The number of allylic oxidation sites excluding steroid dienone is 2. The van der Waals surface area contributed by atoms with E-state index in [1.54, 1.807) is 0 Å². The Morgan fingerprint density at radius 3 is 1.70 bits per heavy atom. The van der Waals surface area contributed by atoms with E-state index in [9.17, 15) is 9.59 Å². The molecule has 0 fully saturated rings. The van der Waals surface area contributed by atoms with Gasteiger partial charge in [0.15, 0.2) is 13.1 Å². The number of amides is 2. The molecule has 0 aliphatic carbocycles. The maximum atomic E-state index is 12.4. The molecule has 2 amide bonds. The van der Waals surface area contributed by atoms with Crippen LogP contribution in [0.5, 0.6) is 11.5 Å². The minimum atomic E-state index is 0. The third kappa shape index (κ3) is 18.5. The van der Waals surface area contributed by atoms with Gasteiger partial charge in [0, 0.05) is 31.5 Å². The number of benzene rings is 2. The summed E-state index contributed by atoms with van der Waals surface area (Å²) >= 11 is 0. The zero-order valence-electron chi connectivity index (χ0n) is 31.6. The summed E-state index contributed by atoms with van der Waals surface area (Å²) in [5.74, 6) is 1.89. The topological polar surface area (TPSA) is 76.7 Å². The summed E-state index contributed by atoms with van der Waals surface area (Å²) in [5, 5.41) is 6.05. The summed E-state index contributed by atoms with van der Waals surface area (Å²) in [7, 11) is 8.36. The lowest BCUT2D eigenvalue weighted by Gasteiger charge is -2.29. The molecule has 0 radical (unpaired) electrons. The zero-order chi connectivity index (χ0) is 35.4. The molecule has 2 aromatic rings. The maximum Gasteiger partial charge on any atom is 0.275 e. The van der Waals surface area contributed by atoms with Crippen LogP contribution in [0.1, 0.15) is 63.5 Å². The van der Waals surface area contributed by atoms with E-state index >= 15 is 0 Å². The van der Waals surface area contributed by atoms with Gasteiger partial charge in [-0.05, 0) is 66.6 Å². The van der Waals surface area contributed by atoms with Crippen molar-refractivity contribution in [2.45, 2.75) is 65.2 Å². The third-order valence-electron chi connectivity index (χ3n) is 8.34. The molecule has 8 nitrogen and oxygen atoms in total. The van der Waals surface area contributed by atoms with Crippen LogP contribution in [0.25, 0.3) is 11.1 Å². The molecule has 0 bridgehead atoms. The molecule has 0 spiro atoms. The first-order valence-corrected chi connectivity index (χ1v) is 17.8. The lowest BCUT2D eigenvalue weighted by molar-refractivity contribution is -0.882. The van der Waals surface area contributed by atoms with Crippen molar-refractivity contribution in [1.29, 1.82) is 0 Å². The number of nitrogens with zero attached hydrogens (tertiary/aromatic N) is 2. The molecule has 0 heterocycles. The second kappa shape index (κ2) is 25.3. The van der Waals surface area contributed by atoms with Gasteiger partial charge in [0.05, 0.1) is 54.5 Å². The average molecular weight is 825 g/mol. The second-order valence-electron chi connectivity index (χ2n) is 14.1. The maximum absolute atomic E-state index is 12.4. The van der Waals surface area contributed by atoms with E-state index in [0.717, 1.165) is 99.3 Å². The number of hydrogen-bond acceptors (Lipinski definition) is 4. The van der Waals surface area contributed by atoms with Crippen molar-refractivity contribution in [3.05, 3.63) is 72.8 Å². The van der Waals surface area contributed by atoms with Crippen molar-refractivity contribution in [1.82, 2.24) is 10.6 Å². The Balaban J connectivity index is 0.0000120. The molecule has 0 aliphatic heterocycles. The molecule has 2 rings (SSSR count). The highest BCUT2D eigenvalue weighted by Crippen LogP contribution is 2.35. The number of carbonyl (C=O) groups is 2. The predicted molar refractivity (Wildman–Crippen MR) is 199 cm³/mol. The van der Waals surface area contributed by atoms with Crippen LogP contribution in [-0.2, 0) is 22.4 Å². The van der Waals surface area contributed by atoms with E-state index in [2.05, 4.69) is 96.2 Å². The van der Waals surface area contributed by atoms with Gasteiger partial charge in [-0.2, -0.15) is 0 Å². The van der Waals surface area contributed by atoms with E-state index < -0.39 is 0 Å². The van der Waals surface area contributed by atoms with Gasteiger partial charge >= 0.3 is 0 Å². The van der Waals surface area contributed by atoms with E-state index in [1.807, 2.05) is 18.2 Å². The van der Waals surface area contributed by atoms with Gasteiger partial charge in [-0.25, -0.2) is 0 Å². The highest BCUT2D eigenvalue weighted by atomic mass is 79.9. The summed E-state index contributed by atoms with van der Waals surface area (Å²) in [4.78, 5) is 24.7. The van der Waals surface area contributed by atoms with Crippen LogP contribution >= 0.6 is 0 Å². The normalized spacial score (nSPS) is 11.1. The van der Waals surface area contributed by atoms with E-state index in [-0.39, 0.29) is 45.8 Å². The van der Waals surface area contributed by atoms with E-state index in [1.165, 1.54) is 5.56 Å². The van der Waals surface area contributed by atoms with E-state index in [0.29, 0.717) is 41.7 Å². The monoisotopic (exact) mass is 822 g/mol. The minimum absolute atomic E-state index is 0. The van der Waals surface area contributed by atoms with Crippen molar-refractivity contribution < 1.29 is 62.0 Å². The van der Waals surface area contributed by atoms with Gasteiger partial charge in [-0.3, -0.25) is 9.59 Å². The number of likely N-dealkylation sites (N-methyl/N-ethyl adjacent to an activating group) is 2. The Labute approximate surface area is 324 Å². The Kier molecular flexibility index (Phi) is 24.0. The number of hydrogen-bond donors (Lipinski definition) is 2. The largest absolute Gasteiger partial charge is 1.00 e. The van der Waals surface area contributed by atoms with Crippen LogP contribution in [-0.4, -0.2) is 101 Å². The number of halogens is 2. The molecule has 0 aromatic heterocycles. The fourth-order valence-electron chi connectivity index (χ4n) is 5.63. The molecule has 50 heavy (non-hydrogen) atoms. The van der Waals surface area contributed by atoms with Crippen molar-refractivity contribution >= 4 is 11.8 Å². The summed E-state index contributed by atoms with van der Waals surface area (Å²) in [6, 6.07) is 12.7. The fraction of sp³-hybridized carbons (Fsp3) is 0.550. The van der Waals surface area contributed by atoms with Gasteiger partial charge in [0.1, 0.15) is 11.5 Å². The standard InChI is InChI=1S/C40H62N4O4.2BrH/c1-9-13-23-41-39(45)31-43(5,6)25-15-27-47-37-22-20-34(30-35(37)18-12-4)36-29-33(17-11-3)19-21-38(36)48-28-16-26-44(7,8)32-40(46)42-24-14-10-2;;/h11-12,19-22,29-30H,3-4,9-10,13-18,23-28,31-32H2,1-2,5-8H3;2*1H. The van der Waals surface area contributed by atoms with E-state index in [4.69, 9.17) is 9.47 Å². The molecular weight excluding hydrogens is 760 g/mol. The fourth-order valence-corrected chi connectivity index (χ4v) is 5.63. The summed E-state index contributed by atoms with van der Waals surface area (Å²) in [6.45, 7) is 17.4. The first-order valence-electron chi connectivity index (χ1n) is 17.8.